The number of rotatable bonds is 3. The minimum Gasteiger partial charge on any atom is -0.384 e. The summed E-state index contributed by atoms with van der Waals surface area (Å²) in [6.07, 6.45) is 3.58. The Labute approximate surface area is 94.9 Å². The Morgan fingerprint density at radius 1 is 1.56 bits per heavy atom. The van der Waals surface area contributed by atoms with Gasteiger partial charge in [-0.25, -0.2) is 0 Å². The van der Waals surface area contributed by atoms with Gasteiger partial charge in [-0.1, -0.05) is 0 Å². The molecule has 16 heavy (non-hydrogen) atoms. The van der Waals surface area contributed by atoms with Crippen LogP contribution < -0.4 is 15.5 Å². The lowest BCUT2D eigenvalue weighted by atomic mass is 10.3. The zero-order valence-corrected chi connectivity index (χ0v) is 9.36. The number of hydrogen-bond donors (Lipinski definition) is 2. The van der Waals surface area contributed by atoms with E-state index in [1.807, 2.05) is 17.9 Å². The van der Waals surface area contributed by atoms with Crippen molar-refractivity contribution in [3.05, 3.63) is 18.5 Å². The SMILES string of the molecule is CCNc1cncc(N2CCNC(=O)C2)c1. The van der Waals surface area contributed by atoms with Crippen molar-refractivity contribution in [1.82, 2.24) is 10.3 Å². The largest absolute Gasteiger partial charge is 0.384 e. The molecule has 5 heteroatoms. The third-order valence-electron chi connectivity index (χ3n) is 2.51. The molecule has 0 spiro atoms. The summed E-state index contributed by atoms with van der Waals surface area (Å²) < 4.78 is 0. The maximum atomic E-state index is 11.3. The summed E-state index contributed by atoms with van der Waals surface area (Å²) in [5, 5.41) is 6.01. The fraction of sp³-hybridized carbons (Fsp3) is 0.455. The highest BCUT2D eigenvalue weighted by molar-refractivity contribution is 5.82. The lowest BCUT2D eigenvalue weighted by molar-refractivity contribution is -0.120. The minimum absolute atomic E-state index is 0.0695. The number of nitrogens with zero attached hydrogens (tertiary/aromatic N) is 2. The molecule has 0 bridgehead atoms. The van der Waals surface area contributed by atoms with Crippen LogP contribution in [-0.2, 0) is 4.79 Å². The summed E-state index contributed by atoms with van der Waals surface area (Å²) in [5.74, 6) is 0.0695. The lowest BCUT2D eigenvalue weighted by Gasteiger charge is -2.28. The second kappa shape index (κ2) is 4.83. The Hall–Kier alpha value is -1.78. The smallest absolute Gasteiger partial charge is 0.239 e. The molecule has 0 saturated carbocycles. The molecular weight excluding hydrogens is 204 g/mol. The Morgan fingerprint density at radius 2 is 2.44 bits per heavy atom. The molecule has 0 aromatic carbocycles. The van der Waals surface area contributed by atoms with E-state index in [4.69, 9.17) is 0 Å². The van der Waals surface area contributed by atoms with E-state index in [0.717, 1.165) is 24.5 Å². The number of nitrogens with one attached hydrogen (secondary N) is 2. The second-order valence-corrected chi connectivity index (χ2v) is 3.73. The number of carbonyl (C=O) groups excluding carboxylic acids is 1. The zero-order chi connectivity index (χ0) is 11.4. The third kappa shape index (κ3) is 2.42. The van der Waals surface area contributed by atoms with Crippen LogP contribution in [0.4, 0.5) is 11.4 Å². The molecule has 86 valence electrons. The van der Waals surface area contributed by atoms with Gasteiger partial charge in [0.1, 0.15) is 0 Å². The average molecular weight is 220 g/mol. The standard InChI is InChI=1S/C11H16N4O/c1-2-13-9-5-10(7-12-6-9)15-4-3-14-11(16)8-15/h5-7,13H,2-4,8H2,1H3,(H,14,16). The molecule has 1 aromatic heterocycles. The first-order valence-corrected chi connectivity index (χ1v) is 5.50. The predicted octanol–water partition coefficient (Wildman–Crippen LogP) is 0.450. The highest BCUT2D eigenvalue weighted by Crippen LogP contribution is 2.17. The van der Waals surface area contributed by atoms with E-state index in [0.29, 0.717) is 13.1 Å². The van der Waals surface area contributed by atoms with Crippen molar-refractivity contribution in [2.45, 2.75) is 6.92 Å². The van der Waals surface area contributed by atoms with Crippen LogP contribution in [0.2, 0.25) is 0 Å². The van der Waals surface area contributed by atoms with Crippen molar-refractivity contribution in [1.29, 1.82) is 0 Å². The number of aromatic nitrogens is 1. The van der Waals surface area contributed by atoms with Crippen molar-refractivity contribution in [3.8, 4) is 0 Å². The Morgan fingerprint density at radius 3 is 3.19 bits per heavy atom. The minimum atomic E-state index is 0.0695. The molecule has 1 amide bonds. The van der Waals surface area contributed by atoms with Gasteiger partial charge in [-0.15, -0.1) is 0 Å². The highest BCUT2D eigenvalue weighted by atomic mass is 16.2. The van der Waals surface area contributed by atoms with Gasteiger partial charge < -0.3 is 15.5 Å². The van der Waals surface area contributed by atoms with Crippen molar-refractivity contribution in [3.63, 3.8) is 0 Å². The number of carbonyl (C=O) groups is 1. The van der Waals surface area contributed by atoms with E-state index in [9.17, 15) is 4.79 Å². The van der Waals surface area contributed by atoms with Gasteiger partial charge in [-0.2, -0.15) is 0 Å². The van der Waals surface area contributed by atoms with Gasteiger partial charge in [-0.05, 0) is 13.0 Å². The number of pyridine rings is 1. The van der Waals surface area contributed by atoms with Gasteiger partial charge in [0.05, 0.1) is 30.3 Å². The van der Waals surface area contributed by atoms with Crippen LogP contribution in [0.5, 0.6) is 0 Å². The molecule has 2 rings (SSSR count). The van der Waals surface area contributed by atoms with E-state index in [2.05, 4.69) is 15.6 Å². The molecule has 2 heterocycles. The molecule has 0 unspecified atom stereocenters. The van der Waals surface area contributed by atoms with Crippen LogP contribution in [0, 0.1) is 0 Å². The lowest BCUT2D eigenvalue weighted by Crippen LogP contribution is -2.47. The van der Waals surface area contributed by atoms with E-state index >= 15 is 0 Å². The summed E-state index contributed by atoms with van der Waals surface area (Å²) in [6.45, 7) is 4.86. The topological polar surface area (TPSA) is 57.3 Å². The molecular formula is C11H16N4O. The van der Waals surface area contributed by atoms with Crippen LogP contribution in [0.1, 0.15) is 6.92 Å². The molecule has 1 aromatic rings. The molecule has 1 aliphatic rings. The van der Waals surface area contributed by atoms with Crippen molar-refractivity contribution >= 4 is 17.3 Å². The van der Waals surface area contributed by atoms with Crippen LogP contribution in [0.15, 0.2) is 18.5 Å². The molecule has 1 aliphatic heterocycles. The van der Waals surface area contributed by atoms with Crippen molar-refractivity contribution < 1.29 is 4.79 Å². The number of amides is 1. The van der Waals surface area contributed by atoms with Gasteiger partial charge in [-0.3, -0.25) is 9.78 Å². The molecule has 2 N–H and O–H groups in total. The molecule has 1 saturated heterocycles. The van der Waals surface area contributed by atoms with Crippen LogP contribution >= 0.6 is 0 Å². The fourth-order valence-electron chi connectivity index (χ4n) is 1.76. The normalized spacial score (nSPS) is 15.8. The summed E-state index contributed by atoms with van der Waals surface area (Å²) in [7, 11) is 0. The monoisotopic (exact) mass is 220 g/mol. The van der Waals surface area contributed by atoms with Gasteiger partial charge in [0.25, 0.3) is 0 Å². The first-order valence-electron chi connectivity index (χ1n) is 5.50. The molecule has 0 aliphatic carbocycles. The van der Waals surface area contributed by atoms with E-state index in [-0.39, 0.29) is 5.91 Å². The van der Waals surface area contributed by atoms with E-state index in [1.54, 1.807) is 12.4 Å². The van der Waals surface area contributed by atoms with Crippen LogP contribution in [0.3, 0.4) is 0 Å². The fourth-order valence-corrected chi connectivity index (χ4v) is 1.76. The average Bonchev–Trinajstić information content (AvgIpc) is 2.30. The summed E-state index contributed by atoms with van der Waals surface area (Å²) in [6, 6.07) is 2.02. The number of anilines is 2. The second-order valence-electron chi connectivity index (χ2n) is 3.73. The number of piperazine rings is 1. The van der Waals surface area contributed by atoms with Crippen molar-refractivity contribution in [2.75, 3.05) is 36.4 Å². The summed E-state index contributed by atoms with van der Waals surface area (Å²) >= 11 is 0. The van der Waals surface area contributed by atoms with Crippen molar-refractivity contribution in [2.24, 2.45) is 0 Å². The molecule has 0 atom stereocenters. The van der Waals surface area contributed by atoms with Crippen LogP contribution in [0.25, 0.3) is 0 Å². The van der Waals surface area contributed by atoms with Gasteiger partial charge in [0.15, 0.2) is 0 Å². The third-order valence-corrected chi connectivity index (χ3v) is 2.51. The first-order chi connectivity index (χ1) is 7.79. The summed E-state index contributed by atoms with van der Waals surface area (Å²) in [5.41, 5.74) is 1.99. The highest BCUT2D eigenvalue weighted by Gasteiger charge is 2.16. The van der Waals surface area contributed by atoms with Gasteiger partial charge >= 0.3 is 0 Å². The Bertz CT molecular complexity index is 380. The maximum absolute atomic E-state index is 11.3. The van der Waals surface area contributed by atoms with Gasteiger partial charge in [0, 0.05) is 19.6 Å². The van der Waals surface area contributed by atoms with E-state index < -0.39 is 0 Å². The van der Waals surface area contributed by atoms with Gasteiger partial charge in [0.2, 0.25) is 5.91 Å². The predicted molar refractivity (Wildman–Crippen MR) is 63.6 cm³/mol. The first kappa shape index (κ1) is 10.7. The Balaban J connectivity index is 2.12. The molecule has 5 nitrogen and oxygen atoms in total. The molecule has 1 fully saturated rings. The Kier molecular flexibility index (Phi) is 3.24. The summed E-state index contributed by atoms with van der Waals surface area (Å²) in [4.78, 5) is 17.5. The zero-order valence-electron chi connectivity index (χ0n) is 9.36. The maximum Gasteiger partial charge on any atom is 0.239 e. The quantitative estimate of drug-likeness (QED) is 0.776. The van der Waals surface area contributed by atoms with E-state index in [1.165, 1.54) is 0 Å². The molecule has 0 radical (unpaired) electrons. The van der Waals surface area contributed by atoms with Crippen LogP contribution in [-0.4, -0.2) is 37.1 Å². The number of hydrogen-bond acceptors (Lipinski definition) is 4.